The highest BCUT2D eigenvalue weighted by atomic mass is 16.5. The average molecular weight is 314 g/mol. The number of hydrogen-bond donors (Lipinski definition) is 1. The number of carbonyl (C=O) groups is 1. The fourth-order valence-electron chi connectivity index (χ4n) is 3.74. The summed E-state index contributed by atoms with van der Waals surface area (Å²) in [4.78, 5) is 15.1. The quantitative estimate of drug-likeness (QED) is 0.916. The van der Waals surface area contributed by atoms with Gasteiger partial charge in [-0.2, -0.15) is 0 Å². The average Bonchev–Trinajstić information content (AvgIpc) is 3.40. The van der Waals surface area contributed by atoms with Crippen molar-refractivity contribution in [2.24, 2.45) is 5.92 Å². The molecule has 1 heterocycles. The molecule has 0 saturated heterocycles. The van der Waals surface area contributed by atoms with Gasteiger partial charge in [-0.25, -0.2) is 4.79 Å². The van der Waals surface area contributed by atoms with Crippen LogP contribution in [-0.4, -0.2) is 29.6 Å². The van der Waals surface area contributed by atoms with Crippen LogP contribution < -0.4 is 10.1 Å². The molecule has 2 saturated carbocycles. The minimum atomic E-state index is 0.0638. The van der Waals surface area contributed by atoms with Crippen molar-refractivity contribution >= 4 is 6.03 Å². The lowest BCUT2D eigenvalue weighted by molar-refractivity contribution is 0.163. The van der Waals surface area contributed by atoms with Crippen molar-refractivity contribution in [3.8, 4) is 5.75 Å². The molecule has 2 atom stereocenters. The lowest BCUT2D eigenvalue weighted by Gasteiger charge is -2.31. The predicted octanol–water partition coefficient (Wildman–Crippen LogP) is 3.87. The Morgan fingerprint density at radius 1 is 1.22 bits per heavy atom. The Kier molecular flexibility index (Phi) is 3.92. The maximum atomic E-state index is 13.0. The molecule has 2 unspecified atom stereocenters. The van der Waals surface area contributed by atoms with Crippen LogP contribution in [0.3, 0.4) is 0 Å². The van der Waals surface area contributed by atoms with Gasteiger partial charge in [-0.1, -0.05) is 18.2 Å². The molecule has 23 heavy (non-hydrogen) atoms. The number of ether oxygens (including phenoxy) is 1. The Morgan fingerprint density at radius 2 is 2.00 bits per heavy atom. The molecule has 4 heteroatoms. The summed E-state index contributed by atoms with van der Waals surface area (Å²) >= 11 is 0. The van der Waals surface area contributed by atoms with Crippen LogP contribution in [-0.2, 0) is 0 Å². The highest BCUT2D eigenvalue weighted by molar-refractivity contribution is 5.76. The number of urea groups is 1. The van der Waals surface area contributed by atoms with Gasteiger partial charge < -0.3 is 15.0 Å². The first-order valence-corrected chi connectivity index (χ1v) is 9.04. The third-order valence-electron chi connectivity index (χ3n) is 5.40. The molecule has 0 bridgehead atoms. The van der Waals surface area contributed by atoms with Crippen LogP contribution in [0.1, 0.15) is 57.1 Å². The van der Waals surface area contributed by atoms with Crippen molar-refractivity contribution in [2.45, 2.75) is 63.6 Å². The van der Waals surface area contributed by atoms with Crippen LogP contribution in [0.2, 0.25) is 0 Å². The van der Waals surface area contributed by atoms with Crippen molar-refractivity contribution in [2.75, 3.05) is 6.61 Å². The van der Waals surface area contributed by atoms with Crippen LogP contribution in [0.4, 0.5) is 4.79 Å². The first kappa shape index (κ1) is 14.9. The summed E-state index contributed by atoms with van der Waals surface area (Å²) in [5, 5.41) is 3.31. The molecular formula is C19H26N2O2. The highest BCUT2D eigenvalue weighted by Crippen LogP contribution is 2.40. The van der Waals surface area contributed by atoms with E-state index >= 15 is 0 Å². The minimum absolute atomic E-state index is 0.0638. The summed E-state index contributed by atoms with van der Waals surface area (Å²) in [6, 6.07) is 9.13. The van der Waals surface area contributed by atoms with Crippen molar-refractivity contribution in [1.82, 2.24) is 10.2 Å². The van der Waals surface area contributed by atoms with E-state index in [9.17, 15) is 4.79 Å². The second-order valence-electron chi connectivity index (χ2n) is 7.25. The largest absolute Gasteiger partial charge is 0.493 e. The topological polar surface area (TPSA) is 41.6 Å². The number of rotatable bonds is 4. The lowest BCUT2D eigenvalue weighted by Crippen LogP contribution is -2.48. The summed E-state index contributed by atoms with van der Waals surface area (Å²) in [5.41, 5.74) is 1.12. The number of amides is 2. The predicted molar refractivity (Wildman–Crippen MR) is 89.5 cm³/mol. The zero-order valence-electron chi connectivity index (χ0n) is 13.8. The molecule has 1 N–H and O–H groups in total. The molecule has 1 aliphatic heterocycles. The van der Waals surface area contributed by atoms with Gasteiger partial charge in [0, 0.05) is 17.6 Å². The van der Waals surface area contributed by atoms with E-state index in [1.807, 2.05) is 18.2 Å². The number of para-hydroxylation sites is 1. The smallest absolute Gasteiger partial charge is 0.318 e. The van der Waals surface area contributed by atoms with Crippen molar-refractivity contribution < 1.29 is 9.53 Å². The molecule has 4 nitrogen and oxygen atoms in total. The third-order valence-corrected chi connectivity index (χ3v) is 5.40. The fraction of sp³-hybridized carbons (Fsp3) is 0.632. The molecule has 0 radical (unpaired) electrons. The highest BCUT2D eigenvalue weighted by Gasteiger charge is 2.42. The molecule has 2 amide bonds. The van der Waals surface area contributed by atoms with Crippen LogP contribution >= 0.6 is 0 Å². The number of benzene rings is 1. The number of nitrogens with zero attached hydrogens (tertiary/aromatic N) is 1. The van der Waals surface area contributed by atoms with Gasteiger partial charge in [0.05, 0.1) is 12.6 Å². The molecular weight excluding hydrogens is 288 g/mol. The molecule has 1 aromatic rings. The van der Waals surface area contributed by atoms with Crippen LogP contribution in [0.5, 0.6) is 5.75 Å². The van der Waals surface area contributed by atoms with E-state index in [1.54, 1.807) is 0 Å². The van der Waals surface area contributed by atoms with Crippen molar-refractivity contribution in [3.05, 3.63) is 29.8 Å². The molecule has 0 spiro atoms. The van der Waals surface area contributed by atoms with E-state index in [1.165, 1.54) is 12.8 Å². The Labute approximate surface area is 138 Å². The van der Waals surface area contributed by atoms with Gasteiger partial charge in [0.15, 0.2) is 0 Å². The fourth-order valence-corrected chi connectivity index (χ4v) is 3.74. The van der Waals surface area contributed by atoms with Gasteiger partial charge in [-0.05, 0) is 57.4 Å². The van der Waals surface area contributed by atoms with Gasteiger partial charge in [-0.3, -0.25) is 0 Å². The minimum Gasteiger partial charge on any atom is -0.493 e. The van der Waals surface area contributed by atoms with Gasteiger partial charge in [0.25, 0.3) is 0 Å². The third kappa shape index (κ3) is 3.17. The Morgan fingerprint density at radius 3 is 2.74 bits per heavy atom. The summed E-state index contributed by atoms with van der Waals surface area (Å²) in [6.07, 6.45) is 6.79. The molecule has 2 aliphatic carbocycles. The lowest BCUT2D eigenvalue weighted by atomic mass is 10.0. The van der Waals surface area contributed by atoms with Gasteiger partial charge in [0.1, 0.15) is 5.75 Å². The van der Waals surface area contributed by atoms with Gasteiger partial charge in [0.2, 0.25) is 0 Å². The SMILES string of the molecule is CC(C1CC1)N(C(=O)NC1CCCOc2ccccc21)C1CC1. The first-order valence-electron chi connectivity index (χ1n) is 9.04. The van der Waals surface area contributed by atoms with Crippen molar-refractivity contribution in [3.63, 3.8) is 0 Å². The van der Waals surface area contributed by atoms with Gasteiger partial charge >= 0.3 is 6.03 Å². The maximum absolute atomic E-state index is 13.0. The van der Waals surface area contributed by atoms with E-state index < -0.39 is 0 Å². The molecule has 3 aliphatic rings. The summed E-state index contributed by atoms with van der Waals surface area (Å²) in [5.74, 6) is 1.63. The standard InChI is InChI=1S/C19H26N2O2/c1-13(14-8-9-14)21(15-10-11-15)19(22)20-17-6-4-12-23-18-7-3-2-5-16(17)18/h2-3,5,7,13-15,17H,4,6,8-12H2,1H3,(H,20,22). The maximum Gasteiger partial charge on any atom is 0.318 e. The van der Waals surface area contributed by atoms with E-state index in [0.717, 1.165) is 43.6 Å². The van der Waals surface area contributed by atoms with Crippen molar-refractivity contribution in [1.29, 1.82) is 0 Å². The number of fused-ring (bicyclic) bond motifs is 1. The molecule has 124 valence electrons. The zero-order valence-corrected chi connectivity index (χ0v) is 13.8. The number of carbonyl (C=O) groups excluding carboxylic acids is 1. The van der Waals surface area contributed by atoms with E-state index in [2.05, 4.69) is 23.2 Å². The first-order chi connectivity index (χ1) is 11.2. The summed E-state index contributed by atoms with van der Waals surface area (Å²) in [6.45, 7) is 2.95. The zero-order chi connectivity index (χ0) is 15.8. The molecule has 1 aromatic carbocycles. The Hall–Kier alpha value is -1.71. The van der Waals surface area contributed by atoms with E-state index in [-0.39, 0.29) is 12.1 Å². The Bertz CT molecular complexity index is 580. The molecule has 4 rings (SSSR count). The van der Waals surface area contributed by atoms with E-state index in [4.69, 9.17) is 4.74 Å². The molecule has 0 aromatic heterocycles. The van der Waals surface area contributed by atoms with Crippen LogP contribution in [0.15, 0.2) is 24.3 Å². The van der Waals surface area contributed by atoms with Crippen LogP contribution in [0.25, 0.3) is 0 Å². The van der Waals surface area contributed by atoms with E-state index in [0.29, 0.717) is 18.0 Å². The number of hydrogen-bond acceptors (Lipinski definition) is 2. The number of nitrogens with one attached hydrogen (secondary N) is 1. The normalized spacial score (nSPS) is 24.8. The second-order valence-corrected chi connectivity index (χ2v) is 7.25. The molecule has 2 fully saturated rings. The Balaban J connectivity index is 1.51. The summed E-state index contributed by atoms with van der Waals surface area (Å²) in [7, 11) is 0. The van der Waals surface area contributed by atoms with Crippen LogP contribution in [0, 0.1) is 5.92 Å². The second kappa shape index (κ2) is 6.06. The monoisotopic (exact) mass is 314 g/mol. The van der Waals surface area contributed by atoms with Gasteiger partial charge in [-0.15, -0.1) is 0 Å². The summed E-state index contributed by atoms with van der Waals surface area (Å²) < 4.78 is 5.81.